The van der Waals surface area contributed by atoms with Gasteiger partial charge in [-0.1, -0.05) is 6.07 Å². The molecule has 0 bridgehead atoms. The molecule has 9 heteroatoms. The first-order valence-corrected chi connectivity index (χ1v) is 12.7. The first-order chi connectivity index (χ1) is 14.4. The summed E-state index contributed by atoms with van der Waals surface area (Å²) in [5, 5.41) is 2.99. The Hall–Kier alpha value is -2.00. The highest BCUT2D eigenvalue weighted by molar-refractivity contribution is 7.86. The average molecular weight is 456 g/mol. The number of urea groups is 1. The summed E-state index contributed by atoms with van der Waals surface area (Å²) in [6, 6.07) is 5.28. The van der Waals surface area contributed by atoms with Gasteiger partial charge < -0.3 is 24.0 Å². The Morgan fingerprint density at radius 2 is 1.94 bits per heavy atom. The zero-order valence-electron chi connectivity index (χ0n) is 19.6. The topological polar surface area (TPSA) is 88.2 Å². The summed E-state index contributed by atoms with van der Waals surface area (Å²) in [5.74, 6) is 0.243. The minimum Gasteiger partial charge on any atom is -0.382 e. The third-order valence-corrected chi connectivity index (χ3v) is 5.48. The number of anilines is 1. The van der Waals surface area contributed by atoms with Gasteiger partial charge in [0, 0.05) is 49.1 Å². The summed E-state index contributed by atoms with van der Waals surface area (Å²) in [4.78, 5) is 16.8. The van der Waals surface area contributed by atoms with Gasteiger partial charge in [0.05, 0.1) is 18.9 Å². The van der Waals surface area contributed by atoms with E-state index < -0.39 is 15.7 Å². The number of nitrogens with zero attached hydrogens (tertiary/aromatic N) is 2. The molecule has 1 aromatic carbocycles. The SMILES string of the molecule is CCN(CC)c1ccc(CN(CC2CCCO2)C(=O)NC(C)(C)C)c(OS(C)(=O)=O)c1. The number of hydrogen-bond donors (Lipinski definition) is 1. The van der Waals surface area contributed by atoms with E-state index in [4.69, 9.17) is 8.92 Å². The van der Waals surface area contributed by atoms with E-state index in [1.54, 1.807) is 11.0 Å². The third-order valence-electron chi connectivity index (χ3n) is 5.00. The van der Waals surface area contributed by atoms with Crippen LogP contribution in [-0.2, 0) is 21.4 Å². The van der Waals surface area contributed by atoms with E-state index in [0.717, 1.165) is 37.9 Å². The van der Waals surface area contributed by atoms with Crippen LogP contribution in [0.1, 0.15) is 53.0 Å². The molecular weight excluding hydrogens is 418 g/mol. The Morgan fingerprint density at radius 3 is 2.45 bits per heavy atom. The molecule has 0 aliphatic carbocycles. The van der Waals surface area contributed by atoms with Crippen molar-refractivity contribution in [2.24, 2.45) is 0 Å². The molecule has 2 amide bonds. The third kappa shape index (κ3) is 8.22. The normalized spacial score (nSPS) is 16.8. The van der Waals surface area contributed by atoms with Crippen LogP contribution >= 0.6 is 0 Å². The van der Waals surface area contributed by atoms with Crippen LogP contribution in [0.3, 0.4) is 0 Å². The van der Waals surface area contributed by atoms with Gasteiger partial charge in [0.2, 0.25) is 0 Å². The van der Waals surface area contributed by atoms with Crippen LogP contribution in [0, 0.1) is 0 Å². The summed E-state index contributed by atoms with van der Waals surface area (Å²) in [7, 11) is -3.73. The fraction of sp³-hybridized carbons (Fsp3) is 0.682. The smallest absolute Gasteiger partial charge is 0.318 e. The van der Waals surface area contributed by atoms with Gasteiger partial charge in [0.15, 0.2) is 0 Å². The lowest BCUT2D eigenvalue weighted by Gasteiger charge is -2.31. The molecule has 1 atom stereocenters. The lowest BCUT2D eigenvalue weighted by molar-refractivity contribution is 0.0780. The van der Waals surface area contributed by atoms with Crippen molar-refractivity contribution in [1.82, 2.24) is 10.2 Å². The molecule has 0 aromatic heterocycles. The number of amides is 2. The van der Waals surface area contributed by atoms with Crippen LogP contribution in [0.4, 0.5) is 10.5 Å². The number of ether oxygens (including phenoxy) is 1. The van der Waals surface area contributed by atoms with E-state index in [0.29, 0.717) is 18.7 Å². The van der Waals surface area contributed by atoms with Crippen molar-refractivity contribution in [2.45, 2.75) is 65.6 Å². The van der Waals surface area contributed by atoms with Crippen LogP contribution in [0.5, 0.6) is 5.75 Å². The molecule has 0 spiro atoms. The van der Waals surface area contributed by atoms with Crippen LogP contribution in [0.25, 0.3) is 0 Å². The molecule has 8 nitrogen and oxygen atoms in total. The monoisotopic (exact) mass is 455 g/mol. The molecule has 176 valence electrons. The van der Waals surface area contributed by atoms with Crippen molar-refractivity contribution < 1.29 is 22.1 Å². The van der Waals surface area contributed by atoms with Gasteiger partial charge in [-0.25, -0.2) is 4.79 Å². The molecular formula is C22H37N3O5S. The Bertz CT molecular complexity index is 841. The Labute approximate surface area is 187 Å². The second kappa shape index (κ2) is 10.5. The van der Waals surface area contributed by atoms with Gasteiger partial charge in [-0.05, 0) is 53.5 Å². The predicted molar refractivity (Wildman–Crippen MR) is 123 cm³/mol. The van der Waals surface area contributed by atoms with E-state index in [2.05, 4.69) is 10.2 Å². The summed E-state index contributed by atoms with van der Waals surface area (Å²) < 4.78 is 34.9. The second-order valence-corrected chi connectivity index (χ2v) is 10.5. The maximum Gasteiger partial charge on any atom is 0.318 e. The summed E-state index contributed by atoms with van der Waals surface area (Å²) in [6.45, 7) is 12.7. The number of nitrogens with one attached hydrogen (secondary N) is 1. The Kier molecular flexibility index (Phi) is 8.59. The lowest BCUT2D eigenvalue weighted by Crippen LogP contribution is -2.50. The number of rotatable bonds is 9. The van der Waals surface area contributed by atoms with Crippen molar-refractivity contribution in [2.75, 3.05) is 37.4 Å². The van der Waals surface area contributed by atoms with Crippen molar-refractivity contribution in [3.8, 4) is 5.75 Å². The molecule has 1 aromatic rings. The zero-order chi connectivity index (χ0) is 23.2. The summed E-state index contributed by atoms with van der Waals surface area (Å²) >= 11 is 0. The summed E-state index contributed by atoms with van der Waals surface area (Å²) in [6.07, 6.45) is 2.87. The van der Waals surface area contributed by atoms with Crippen LogP contribution in [0.15, 0.2) is 18.2 Å². The van der Waals surface area contributed by atoms with E-state index in [-0.39, 0.29) is 24.4 Å². The minimum atomic E-state index is -3.73. The van der Waals surface area contributed by atoms with E-state index >= 15 is 0 Å². The molecule has 1 fully saturated rings. The molecule has 0 radical (unpaired) electrons. The number of hydrogen-bond acceptors (Lipinski definition) is 6. The van der Waals surface area contributed by atoms with Crippen molar-refractivity contribution in [3.05, 3.63) is 23.8 Å². The van der Waals surface area contributed by atoms with Gasteiger partial charge in [-0.15, -0.1) is 0 Å². The standard InChI is InChI=1S/C22H37N3O5S/c1-7-24(8-2)18-12-11-17(20(14-18)30-31(6,27)28)15-25(16-19-10-9-13-29-19)21(26)23-22(3,4)5/h11-12,14,19H,7-10,13,15-16H2,1-6H3,(H,23,26). The van der Waals surface area contributed by atoms with Crippen LogP contribution in [0.2, 0.25) is 0 Å². The average Bonchev–Trinajstić information content (AvgIpc) is 3.14. The second-order valence-electron chi connectivity index (χ2n) is 8.95. The maximum atomic E-state index is 13.0. The molecule has 1 saturated heterocycles. The molecule has 1 N–H and O–H groups in total. The van der Waals surface area contributed by atoms with Gasteiger partial charge in [0.1, 0.15) is 5.75 Å². The molecule has 31 heavy (non-hydrogen) atoms. The molecule has 1 heterocycles. The maximum absolute atomic E-state index is 13.0. The van der Waals surface area contributed by atoms with E-state index in [1.807, 2.05) is 46.8 Å². The molecule has 2 rings (SSSR count). The van der Waals surface area contributed by atoms with Crippen LogP contribution in [-0.4, -0.2) is 63.5 Å². The van der Waals surface area contributed by atoms with E-state index in [1.165, 1.54) is 0 Å². The number of carbonyl (C=O) groups is 1. The van der Waals surface area contributed by atoms with E-state index in [9.17, 15) is 13.2 Å². The molecule has 0 saturated carbocycles. The van der Waals surface area contributed by atoms with Crippen molar-refractivity contribution in [3.63, 3.8) is 0 Å². The molecule has 1 aliphatic heterocycles. The largest absolute Gasteiger partial charge is 0.382 e. The lowest BCUT2D eigenvalue weighted by atomic mass is 10.1. The summed E-state index contributed by atoms with van der Waals surface area (Å²) in [5.41, 5.74) is 1.10. The first-order valence-electron chi connectivity index (χ1n) is 10.9. The fourth-order valence-corrected chi connectivity index (χ4v) is 4.04. The zero-order valence-corrected chi connectivity index (χ0v) is 20.4. The minimum absolute atomic E-state index is 0.0278. The molecule has 1 unspecified atom stereocenters. The van der Waals surface area contributed by atoms with Crippen molar-refractivity contribution in [1.29, 1.82) is 0 Å². The van der Waals surface area contributed by atoms with Gasteiger partial charge in [0.25, 0.3) is 0 Å². The van der Waals surface area contributed by atoms with Crippen LogP contribution < -0.4 is 14.4 Å². The van der Waals surface area contributed by atoms with Gasteiger partial charge in [-0.3, -0.25) is 0 Å². The number of carbonyl (C=O) groups excluding carboxylic acids is 1. The molecule has 1 aliphatic rings. The number of benzene rings is 1. The van der Waals surface area contributed by atoms with Gasteiger partial charge in [-0.2, -0.15) is 8.42 Å². The highest BCUT2D eigenvalue weighted by Crippen LogP contribution is 2.29. The fourth-order valence-electron chi connectivity index (χ4n) is 3.56. The Morgan fingerprint density at radius 1 is 1.26 bits per heavy atom. The Balaban J connectivity index is 2.36. The highest BCUT2D eigenvalue weighted by Gasteiger charge is 2.26. The predicted octanol–water partition coefficient (Wildman–Crippen LogP) is 3.36. The highest BCUT2D eigenvalue weighted by atomic mass is 32.2. The van der Waals surface area contributed by atoms with Gasteiger partial charge >= 0.3 is 16.1 Å². The quantitative estimate of drug-likeness (QED) is 0.575. The first kappa shape index (κ1) is 25.3. The van der Waals surface area contributed by atoms with Crippen molar-refractivity contribution >= 4 is 21.8 Å².